The van der Waals surface area contributed by atoms with Gasteiger partial charge in [0.1, 0.15) is 5.82 Å². The number of benzene rings is 1. The molecule has 0 radical (unpaired) electrons. The van der Waals surface area contributed by atoms with Gasteiger partial charge in [-0.25, -0.2) is 4.39 Å². The minimum atomic E-state index is -0.403. The highest BCUT2D eigenvalue weighted by molar-refractivity contribution is 5.99. The van der Waals surface area contributed by atoms with E-state index in [-0.39, 0.29) is 5.78 Å². The molecule has 18 heavy (non-hydrogen) atoms. The molecule has 1 aromatic rings. The van der Waals surface area contributed by atoms with Crippen LogP contribution in [-0.4, -0.2) is 18.4 Å². The molecule has 0 bridgehead atoms. The Balaban J connectivity index is 2.34. The van der Waals surface area contributed by atoms with Gasteiger partial charge in [0.05, 0.1) is 12.5 Å². The van der Waals surface area contributed by atoms with E-state index in [4.69, 9.17) is 5.26 Å². The number of ketones is 1. The summed E-state index contributed by atoms with van der Waals surface area (Å²) in [6.07, 6.45) is 2.55. The topological polar surface area (TPSA) is 44.1 Å². The summed E-state index contributed by atoms with van der Waals surface area (Å²) >= 11 is 0. The molecule has 1 aliphatic carbocycles. The van der Waals surface area contributed by atoms with Crippen LogP contribution in [0.5, 0.6) is 0 Å². The minimum absolute atomic E-state index is 0.146. The molecular weight excluding hydrogens is 231 g/mol. The van der Waals surface area contributed by atoms with Gasteiger partial charge in [-0.05, 0) is 38.0 Å². The lowest BCUT2D eigenvalue weighted by atomic mass is 10.1. The van der Waals surface area contributed by atoms with Crippen LogP contribution < -0.4 is 4.90 Å². The molecule has 0 amide bonds. The van der Waals surface area contributed by atoms with Crippen molar-refractivity contribution in [3.8, 4) is 6.07 Å². The van der Waals surface area contributed by atoms with Gasteiger partial charge in [0.25, 0.3) is 0 Å². The Kier molecular flexibility index (Phi) is 3.61. The molecule has 0 atom stereocenters. The molecule has 2 rings (SSSR count). The third kappa shape index (κ3) is 2.67. The second-order valence-electron chi connectivity index (χ2n) is 4.55. The van der Waals surface area contributed by atoms with E-state index in [0.29, 0.717) is 24.6 Å². The van der Waals surface area contributed by atoms with E-state index in [2.05, 4.69) is 11.0 Å². The van der Waals surface area contributed by atoms with E-state index < -0.39 is 5.82 Å². The molecule has 1 saturated carbocycles. The SMILES string of the molecule is CC(=O)c1cc(F)ccc1N(CCC#N)C1CC1. The van der Waals surface area contributed by atoms with Crippen molar-refractivity contribution in [1.82, 2.24) is 0 Å². The number of anilines is 1. The molecular formula is C14H15FN2O. The van der Waals surface area contributed by atoms with Gasteiger partial charge in [-0.2, -0.15) is 5.26 Å². The maximum absolute atomic E-state index is 13.2. The molecule has 0 heterocycles. The van der Waals surface area contributed by atoms with Gasteiger partial charge in [0.2, 0.25) is 0 Å². The lowest BCUT2D eigenvalue weighted by Crippen LogP contribution is -2.28. The first-order valence-corrected chi connectivity index (χ1v) is 6.07. The van der Waals surface area contributed by atoms with E-state index in [1.807, 2.05) is 0 Å². The van der Waals surface area contributed by atoms with E-state index >= 15 is 0 Å². The number of nitrogens with zero attached hydrogens (tertiary/aromatic N) is 2. The number of carbonyl (C=O) groups excluding carboxylic acids is 1. The molecule has 0 spiro atoms. The lowest BCUT2D eigenvalue weighted by Gasteiger charge is -2.25. The average molecular weight is 246 g/mol. The molecule has 0 N–H and O–H groups in total. The molecule has 4 heteroatoms. The highest BCUT2D eigenvalue weighted by atomic mass is 19.1. The van der Waals surface area contributed by atoms with Crippen molar-refractivity contribution in [3.63, 3.8) is 0 Å². The number of carbonyl (C=O) groups is 1. The molecule has 1 aliphatic rings. The maximum atomic E-state index is 13.2. The fourth-order valence-corrected chi connectivity index (χ4v) is 2.10. The highest BCUT2D eigenvalue weighted by Crippen LogP contribution is 2.34. The van der Waals surface area contributed by atoms with Crippen LogP contribution in [0.15, 0.2) is 18.2 Å². The summed E-state index contributed by atoms with van der Waals surface area (Å²) in [4.78, 5) is 13.6. The third-order valence-corrected chi connectivity index (χ3v) is 3.10. The Hall–Kier alpha value is -1.89. The summed E-state index contributed by atoms with van der Waals surface area (Å²) in [6.45, 7) is 2.03. The van der Waals surface area contributed by atoms with Crippen LogP contribution >= 0.6 is 0 Å². The summed E-state index contributed by atoms with van der Waals surface area (Å²) in [6, 6.07) is 6.78. The van der Waals surface area contributed by atoms with E-state index in [1.165, 1.54) is 19.1 Å². The van der Waals surface area contributed by atoms with Crippen molar-refractivity contribution >= 4 is 11.5 Å². The predicted molar refractivity (Wildman–Crippen MR) is 67.0 cm³/mol. The van der Waals surface area contributed by atoms with Crippen molar-refractivity contribution in [2.24, 2.45) is 0 Å². The minimum Gasteiger partial charge on any atom is -0.367 e. The van der Waals surface area contributed by atoms with Gasteiger partial charge < -0.3 is 4.90 Å². The molecule has 3 nitrogen and oxygen atoms in total. The van der Waals surface area contributed by atoms with Crippen LogP contribution in [-0.2, 0) is 0 Å². The standard InChI is InChI=1S/C14H15FN2O/c1-10(18)13-9-11(15)3-6-14(13)17(8-2-7-16)12-4-5-12/h3,6,9,12H,2,4-5,8H2,1H3. The summed E-state index contributed by atoms with van der Waals surface area (Å²) in [5.41, 5.74) is 1.15. The molecule has 0 unspecified atom stereocenters. The van der Waals surface area contributed by atoms with Gasteiger partial charge in [0.15, 0.2) is 5.78 Å². The molecule has 0 aliphatic heterocycles. The second kappa shape index (κ2) is 5.18. The molecule has 1 fully saturated rings. The smallest absolute Gasteiger partial charge is 0.161 e. The number of hydrogen-bond donors (Lipinski definition) is 0. The summed E-state index contributed by atoms with van der Waals surface area (Å²) in [5, 5.41) is 8.68. The zero-order valence-corrected chi connectivity index (χ0v) is 10.3. The van der Waals surface area contributed by atoms with E-state index in [1.54, 1.807) is 6.07 Å². The van der Waals surface area contributed by atoms with Crippen molar-refractivity contribution in [1.29, 1.82) is 5.26 Å². The fourth-order valence-electron chi connectivity index (χ4n) is 2.10. The van der Waals surface area contributed by atoms with Crippen molar-refractivity contribution in [2.45, 2.75) is 32.2 Å². The summed E-state index contributed by atoms with van der Waals surface area (Å²) < 4.78 is 13.2. The number of halogens is 1. The largest absolute Gasteiger partial charge is 0.367 e. The molecule has 94 valence electrons. The van der Waals surface area contributed by atoms with Gasteiger partial charge in [-0.3, -0.25) is 4.79 Å². The van der Waals surface area contributed by atoms with Crippen molar-refractivity contribution < 1.29 is 9.18 Å². The van der Waals surface area contributed by atoms with Crippen LogP contribution in [0, 0.1) is 17.1 Å². The Bertz CT molecular complexity index is 503. The van der Waals surface area contributed by atoms with E-state index in [0.717, 1.165) is 18.5 Å². The van der Waals surface area contributed by atoms with Gasteiger partial charge >= 0.3 is 0 Å². The first-order chi connectivity index (χ1) is 8.63. The monoisotopic (exact) mass is 246 g/mol. The fraction of sp³-hybridized carbons (Fsp3) is 0.429. The average Bonchev–Trinajstić information content (AvgIpc) is 3.15. The zero-order valence-electron chi connectivity index (χ0n) is 10.3. The molecule has 0 aromatic heterocycles. The Morgan fingerprint density at radius 1 is 1.56 bits per heavy atom. The molecule has 1 aromatic carbocycles. The number of hydrogen-bond acceptors (Lipinski definition) is 3. The summed E-state index contributed by atoms with van der Waals surface area (Å²) in [5.74, 6) is -0.549. The van der Waals surface area contributed by atoms with Crippen molar-refractivity contribution in [2.75, 3.05) is 11.4 Å². The first kappa shape index (κ1) is 12.6. The van der Waals surface area contributed by atoms with Crippen LogP contribution in [0.25, 0.3) is 0 Å². The quantitative estimate of drug-likeness (QED) is 0.750. The number of rotatable bonds is 5. The lowest BCUT2D eigenvalue weighted by molar-refractivity contribution is 0.101. The molecule has 0 saturated heterocycles. The number of nitriles is 1. The number of Topliss-reactive ketones (excluding diaryl/α,β-unsaturated/α-hetero) is 1. The van der Waals surface area contributed by atoms with Crippen LogP contribution in [0.3, 0.4) is 0 Å². The predicted octanol–water partition coefficient (Wildman–Crippen LogP) is 2.91. The van der Waals surface area contributed by atoms with E-state index in [9.17, 15) is 9.18 Å². The van der Waals surface area contributed by atoms with Crippen LogP contribution in [0.4, 0.5) is 10.1 Å². The summed E-state index contributed by atoms with van der Waals surface area (Å²) in [7, 11) is 0. The van der Waals surface area contributed by atoms with Crippen LogP contribution in [0.2, 0.25) is 0 Å². The Labute approximate surface area is 106 Å². The van der Waals surface area contributed by atoms with Gasteiger partial charge in [0, 0.05) is 23.8 Å². The highest BCUT2D eigenvalue weighted by Gasteiger charge is 2.30. The normalized spacial score (nSPS) is 14.1. The maximum Gasteiger partial charge on any atom is 0.161 e. The second-order valence-corrected chi connectivity index (χ2v) is 4.55. The van der Waals surface area contributed by atoms with Crippen molar-refractivity contribution in [3.05, 3.63) is 29.6 Å². The van der Waals surface area contributed by atoms with Gasteiger partial charge in [-0.1, -0.05) is 0 Å². The first-order valence-electron chi connectivity index (χ1n) is 6.07. The Morgan fingerprint density at radius 3 is 2.83 bits per heavy atom. The third-order valence-electron chi connectivity index (χ3n) is 3.10. The Morgan fingerprint density at radius 2 is 2.28 bits per heavy atom. The van der Waals surface area contributed by atoms with Crippen LogP contribution in [0.1, 0.15) is 36.5 Å². The zero-order chi connectivity index (χ0) is 13.1. The van der Waals surface area contributed by atoms with Gasteiger partial charge in [-0.15, -0.1) is 0 Å².